The molecule has 1 spiro atoms. The topological polar surface area (TPSA) is 71.9 Å². The van der Waals surface area contributed by atoms with Crippen molar-refractivity contribution in [2.24, 2.45) is 5.41 Å². The molecule has 0 aromatic carbocycles. The fraction of sp³-hybridized carbons (Fsp3) is 0.700. The van der Waals surface area contributed by atoms with Gasteiger partial charge >= 0.3 is 5.97 Å². The normalized spacial score (nSPS) is 20.3. The summed E-state index contributed by atoms with van der Waals surface area (Å²) < 4.78 is 11.7. The molecule has 0 aliphatic carbocycles. The second-order valence-electron chi connectivity index (χ2n) is 8.04. The van der Waals surface area contributed by atoms with Crippen LogP contribution in [-0.2, 0) is 14.3 Å². The second-order valence-corrected chi connectivity index (χ2v) is 8.83. The zero-order valence-corrected chi connectivity index (χ0v) is 18.1. The molecule has 27 heavy (non-hydrogen) atoms. The number of halogens is 1. The number of piperidine rings is 1. The molecule has 1 atom stereocenters. The van der Waals surface area contributed by atoms with E-state index in [1.807, 2.05) is 13.8 Å². The Kier molecular flexibility index (Phi) is 6.13. The third-order valence-corrected chi connectivity index (χ3v) is 6.63. The molecule has 0 radical (unpaired) electrons. The van der Waals surface area contributed by atoms with E-state index in [0.29, 0.717) is 11.3 Å². The maximum atomic E-state index is 12.4. The van der Waals surface area contributed by atoms with Crippen LogP contribution in [0.25, 0.3) is 0 Å². The van der Waals surface area contributed by atoms with Crippen LogP contribution in [0.4, 0.5) is 5.69 Å². The van der Waals surface area contributed by atoms with Gasteiger partial charge in [0.15, 0.2) is 6.10 Å². The van der Waals surface area contributed by atoms with Crippen molar-refractivity contribution in [1.29, 1.82) is 0 Å². The van der Waals surface area contributed by atoms with Crippen LogP contribution in [0.5, 0.6) is 0 Å². The van der Waals surface area contributed by atoms with Crippen LogP contribution in [0, 0.1) is 19.3 Å². The number of rotatable bonds is 4. The maximum Gasteiger partial charge on any atom is 0.340 e. The number of esters is 1. The minimum atomic E-state index is -1.35. The quantitative estimate of drug-likeness (QED) is 0.722. The lowest BCUT2D eigenvalue weighted by molar-refractivity contribution is -0.157. The molecule has 1 aromatic rings. The average Bonchev–Trinajstić information content (AvgIpc) is 3.06. The predicted molar refractivity (Wildman–Crippen MR) is 107 cm³/mol. The van der Waals surface area contributed by atoms with Gasteiger partial charge in [0.1, 0.15) is 0 Å². The van der Waals surface area contributed by atoms with Crippen molar-refractivity contribution >= 4 is 27.6 Å². The molecule has 2 aliphatic rings. The lowest BCUT2D eigenvalue weighted by Gasteiger charge is -2.41. The number of aromatic nitrogens is 1. The molecule has 2 fully saturated rings. The highest BCUT2D eigenvalue weighted by atomic mass is 79.9. The van der Waals surface area contributed by atoms with Gasteiger partial charge in [0.25, 0.3) is 0 Å². The second kappa shape index (κ2) is 8.05. The number of ether oxygens (including phenoxy) is 2. The van der Waals surface area contributed by atoms with Crippen LogP contribution >= 0.6 is 15.9 Å². The first kappa shape index (κ1) is 20.6. The molecular weight excluding hydrogens is 412 g/mol. The van der Waals surface area contributed by atoms with Gasteiger partial charge in [-0.25, -0.2) is 4.79 Å². The van der Waals surface area contributed by atoms with Crippen molar-refractivity contribution < 1.29 is 19.4 Å². The Morgan fingerprint density at radius 1 is 1.26 bits per heavy atom. The summed E-state index contributed by atoms with van der Waals surface area (Å²) in [6.07, 6.45) is 1.58. The molecule has 2 aliphatic heterocycles. The van der Waals surface area contributed by atoms with E-state index in [9.17, 15) is 9.90 Å². The molecule has 1 N–H and O–H groups in total. The van der Waals surface area contributed by atoms with Crippen LogP contribution in [0.2, 0.25) is 0 Å². The van der Waals surface area contributed by atoms with Gasteiger partial charge in [-0.3, -0.25) is 4.98 Å². The summed E-state index contributed by atoms with van der Waals surface area (Å²) in [7, 11) is 0. The van der Waals surface area contributed by atoms with Gasteiger partial charge in [-0.15, -0.1) is 0 Å². The first-order valence-corrected chi connectivity index (χ1v) is 10.4. The van der Waals surface area contributed by atoms with Gasteiger partial charge in [-0.05, 0) is 68.3 Å². The largest absolute Gasteiger partial charge is 0.461 e. The molecule has 1 aromatic heterocycles. The van der Waals surface area contributed by atoms with Gasteiger partial charge in [-0.1, -0.05) is 0 Å². The van der Waals surface area contributed by atoms with Crippen molar-refractivity contribution in [3.8, 4) is 0 Å². The Labute approximate surface area is 169 Å². The fourth-order valence-corrected chi connectivity index (χ4v) is 4.67. The third kappa shape index (κ3) is 4.15. The summed E-state index contributed by atoms with van der Waals surface area (Å²) in [6.45, 7) is 10.7. The first-order chi connectivity index (χ1) is 12.7. The lowest BCUT2D eigenvalue weighted by Crippen LogP contribution is -2.41. The molecule has 0 unspecified atom stereocenters. The SMILES string of the molecule is Cc1nc(C)c([C@H](O)C(=O)OC(C)C)c(N2CCC3(CCOC3)CC2)c1Br. The van der Waals surface area contributed by atoms with Gasteiger partial charge in [0.05, 0.1) is 28.6 Å². The monoisotopic (exact) mass is 440 g/mol. The van der Waals surface area contributed by atoms with E-state index >= 15 is 0 Å². The number of aliphatic hydroxyl groups is 1. The molecule has 150 valence electrons. The number of hydrogen-bond acceptors (Lipinski definition) is 6. The Morgan fingerprint density at radius 3 is 2.48 bits per heavy atom. The smallest absolute Gasteiger partial charge is 0.340 e. The summed E-state index contributed by atoms with van der Waals surface area (Å²) in [6, 6.07) is 0. The number of anilines is 1. The number of aliphatic hydroxyl groups excluding tert-OH is 1. The molecule has 7 heteroatoms. The number of carbonyl (C=O) groups is 1. The predicted octanol–water partition coefficient (Wildman–Crippen LogP) is 3.45. The highest BCUT2D eigenvalue weighted by Gasteiger charge is 2.40. The average molecular weight is 441 g/mol. The van der Waals surface area contributed by atoms with Crippen molar-refractivity contribution in [1.82, 2.24) is 4.98 Å². The van der Waals surface area contributed by atoms with E-state index in [-0.39, 0.29) is 11.5 Å². The number of carbonyl (C=O) groups excluding carboxylic acids is 1. The van der Waals surface area contributed by atoms with Gasteiger partial charge in [-0.2, -0.15) is 0 Å². The first-order valence-electron chi connectivity index (χ1n) is 9.62. The fourth-order valence-electron chi connectivity index (χ4n) is 4.12. The highest BCUT2D eigenvalue weighted by Crippen LogP contribution is 2.44. The van der Waals surface area contributed by atoms with Crippen molar-refractivity contribution in [3.05, 3.63) is 21.4 Å². The molecule has 0 bridgehead atoms. The van der Waals surface area contributed by atoms with E-state index in [2.05, 4.69) is 25.8 Å². The summed E-state index contributed by atoms with van der Waals surface area (Å²) in [5.41, 5.74) is 3.19. The van der Waals surface area contributed by atoms with Crippen LogP contribution in [0.3, 0.4) is 0 Å². The van der Waals surface area contributed by atoms with E-state index < -0.39 is 12.1 Å². The molecule has 0 saturated carbocycles. The van der Waals surface area contributed by atoms with Crippen molar-refractivity contribution in [2.75, 3.05) is 31.2 Å². The minimum absolute atomic E-state index is 0.282. The lowest BCUT2D eigenvalue weighted by atomic mass is 9.78. The highest BCUT2D eigenvalue weighted by molar-refractivity contribution is 9.10. The van der Waals surface area contributed by atoms with Crippen molar-refractivity contribution in [2.45, 2.75) is 59.2 Å². The summed E-state index contributed by atoms with van der Waals surface area (Å²) in [4.78, 5) is 19.2. The summed E-state index contributed by atoms with van der Waals surface area (Å²) in [5, 5.41) is 10.8. The third-order valence-electron chi connectivity index (χ3n) is 5.68. The standard InChI is InChI=1S/C20H29BrN2O4/c1-12(2)27-19(25)18(24)15-13(3)22-14(4)16(21)17(15)23-8-5-20(6-9-23)7-10-26-11-20/h12,18,24H,5-11H2,1-4H3/t18-/m0/s1. The van der Waals surface area contributed by atoms with Crippen LogP contribution in [-0.4, -0.2) is 48.5 Å². The zero-order chi connectivity index (χ0) is 19.8. The molecule has 3 rings (SSSR count). The number of pyridine rings is 1. The maximum absolute atomic E-state index is 12.4. The molecule has 3 heterocycles. The van der Waals surface area contributed by atoms with Gasteiger partial charge < -0.3 is 19.5 Å². The minimum Gasteiger partial charge on any atom is -0.461 e. The Bertz CT molecular complexity index is 706. The van der Waals surface area contributed by atoms with Crippen LogP contribution in [0.15, 0.2) is 4.47 Å². The number of nitrogens with zero attached hydrogens (tertiary/aromatic N) is 2. The molecule has 6 nitrogen and oxygen atoms in total. The van der Waals surface area contributed by atoms with Crippen molar-refractivity contribution in [3.63, 3.8) is 0 Å². The number of aryl methyl sites for hydroxylation is 2. The van der Waals surface area contributed by atoms with E-state index in [1.54, 1.807) is 13.8 Å². The molecular formula is C20H29BrN2O4. The van der Waals surface area contributed by atoms with Crippen LogP contribution in [0.1, 0.15) is 56.2 Å². The molecule has 2 saturated heterocycles. The Balaban J connectivity index is 1.93. The van der Waals surface area contributed by atoms with Crippen LogP contribution < -0.4 is 4.90 Å². The van der Waals surface area contributed by atoms with Gasteiger partial charge in [0, 0.05) is 31.0 Å². The van der Waals surface area contributed by atoms with E-state index in [1.165, 1.54) is 0 Å². The van der Waals surface area contributed by atoms with E-state index in [4.69, 9.17) is 9.47 Å². The van der Waals surface area contributed by atoms with E-state index in [0.717, 1.165) is 61.4 Å². The zero-order valence-electron chi connectivity index (χ0n) is 16.5. The van der Waals surface area contributed by atoms with Gasteiger partial charge in [0.2, 0.25) is 0 Å². The molecule has 0 amide bonds. The Morgan fingerprint density at radius 2 is 1.93 bits per heavy atom. The number of hydrogen-bond donors (Lipinski definition) is 1. The summed E-state index contributed by atoms with van der Waals surface area (Å²) >= 11 is 3.65. The Hall–Kier alpha value is -1.18. The summed E-state index contributed by atoms with van der Waals surface area (Å²) in [5.74, 6) is -0.635.